The number of piperidine rings is 1. The molecule has 1 saturated heterocycles. The molecule has 0 saturated carbocycles. The molecule has 3 rings (SSSR count). The van der Waals surface area contributed by atoms with Crippen molar-refractivity contribution in [1.29, 1.82) is 0 Å². The van der Waals surface area contributed by atoms with Gasteiger partial charge >= 0.3 is 6.09 Å². The summed E-state index contributed by atoms with van der Waals surface area (Å²) in [6, 6.07) is 14.4. The Bertz CT molecular complexity index is 912. The van der Waals surface area contributed by atoms with Crippen molar-refractivity contribution in [3.63, 3.8) is 0 Å². The van der Waals surface area contributed by atoms with Gasteiger partial charge in [-0.25, -0.2) is 4.79 Å². The van der Waals surface area contributed by atoms with Gasteiger partial charge in [0.15, 0.2) is 0 Å². The van der Waals surface area contributed by atoms with Crippen LogP contribution in [-0.4, -0.2) is 41.6 Å². The first-order valence-corrected chi connectivity index (χ1v) is 10.7. The molecule has 2 aromatic rings. The average Bonchev–Trinajstić information content (AvgIpc) is 2.69. The van der Waals surface area contributed by atoms with Crippen molar-refractivity contribution in [3.05, 3.63) is 69.7 Å². The molecule has 0 bridgehead atoms. The number of nitrogens with one attached hydrogen (secondary N) is 1. The van der Waals surface area contributed by atoms with Crippen molar-refractivity contribution >= 4 is 35.2 Å². The minimum atomic E-state index is -0.575. The number of hydrogen-bond acceptors (Lipinski definition) is 3. The Hall–Kier alpha value is -2.24. The van der Waals surface area contributed by atoms with Gasteiger partial charge in [0.2, 0.25) is 0 Å². The van der Waals surface area contributed by atoms with Crippen molar-refractivity contribution in [2.45, 2.75) is 44.8 Å². The van der Waals surface area contributed by atoms with Crippen LogP contribution in [0.25, 0.3) is 0 Å². The van der Waals surface area contributed by atoms with Gasteiger partial charge in [0, 0.05) is 30.6 Å². The Morgan fingerprint density at radius 2 is 1.77 bits per heavy atom. The average molecular weight is 449 g/mol. The zero-order valence-electron chi connectivity index (χ0n) is 17.3. The molecule has 0 aliphatic carbocycles. The molecule has 1 aliphatic rings. The molecule has 2 atom stereocenters. The SMILES string of the molecule is CC(C)(C)OC(=O)N1CC[C@@H](NC(=O)c2ccccc2)C(c2ccc(Cl)c(Cl)c2)C1. The van der Waals surface area contributed by atoms with Gasteiger partial charge in [-0.15, -0.1) is 0 Å². The van der Waals surface area contributed by atoms with E-state index in [-0.39, 0.29) is 24.0 Å². The standard InChI is InChI=1S/C23H26Cl2N2O3/c1-23(2,3)30-22(29)27-12-11-20(26-21(28)15-7-5-4-6-8-15)17(14-27)16-9-10-18(24)19(25)13-16/h4-10,13,17,20H,11-12,14H2,1-3H3,(H,26,28)/t17?,20-/m1/s1. The van der Waals surface area contributed by atoms with E-state index in [9.17, 15) is 9.59 Å². The van der Waals surface area contributed by atoms with Crippen LogP contribution in [0.5, 0.6) is 0 Å². The highest BCUT2D eigenvalue weighted by Crippen LogP contribution is 2.32. The second-order valence-corrected chi connectivity index (χ2v) is 9.26. The van der Waals surface area contributed by atoms with Crippen LogP contribution in [0, 0.1) is 0 Å². The number of carbonyl (C=O) groups is 2. The maximum Gasteiger partial charge on any atom is 0.410 e. The summed E-state index contributed by atoms with van der Waals surface area (Å²) in [6.45, 7) is 6.43. The van der Waals surface area contributed by atoms with E-state index in [0.29, 0.717) is 35.1 Å². The van der Waals surface area contributed by atoms with Gasteiger partial charge in [-0.05, 0) is 57.0 Å². The quantitative estimate of drug-likeness (QED) is 0.672. The van der Waals surface area contributed by atoms with Crippen LogP contribution in [0.2, 0.25) is 10.0 Å². The predicted molar refractivity (Wildman–Crippen MR) is 119 cm³/mol. The first kappa shape index (κ1) is 22.4. The molecule has 1 N–H and O–H groups in total. The fourth-order valence-electron chi connectivity index (χ4n) is 3.54. The number of halogens is 2. The van der Waals surface area contributed by atoms with Crippen LogP contribution in [0.1, 0.15) is 49.0 Å². The van der Waals surface area contributed by atoms with Gasteiger partial charge in [0.25, 0.3) is 5.91 Å². The number of amides is 2. The minimum absolute atomic E-state index is 0.142. The molecule has 2 amide bonds. The topological polar surface area (TPSA) is 58.6 Å². The monoisotopic (exact) mass is 448 g/mol. The van der Waals surface area contributed by atoms with Crippen molar-refractivity contribution < 1.29 is 14.3 Å². The van der Waals surface area contributed by atoms with E-state index in [4.69, 9.17) is 27.9 Å². The van der Waals surface area contributed by atoms with Crippen molar-refractivity contribution in [2.24, 2.45) is 0 Å². The lowest BCUT2D eigenvalue weighted by Gasteiger charge is -2.39. The minimum Gasteiger partial charge on any atom is -0.444 e. The van der Waals surface area contributed by atoms with E-state index >= 15 is 0 Å². The third-order valence-corrected chi connectivity index (χ3v) is 5.73. The van der Waals surface area contributed by atoms with Crippen LogP contribution >= 0.6 is 23.2 Å². The molecule has 1 heterocycles. The van der Waals surface area contributed by atoms with Gasteiger partial charge in [0.05, 0.1) is 10.0 Å². The summed E-state index contributed by atoms with van der Waals surface area (Å²) in [5.41, 5.74) is 0.935. The van der Waals surface area contributed by atoms with E-state index in [1.54, 1.807) is 29.2 Å². The molecule has 5 nitrogen and oxygen atoms in total. The lowest BCUT2D eigenvalue weighted by atomic mass is 9.86. The Morgan fingerprint density at radius 1 is 1.07 bits per heavy atom. The summed E-state index contributed by atoms with van der Waals surface area (Å²) in [5, 5.41) is 4.04. The van der Waals surface area contributed by atoms with Crippen LogP contribution in [0.3, 0.4) is 0 Å². The highest BCUT2D eigenvalue weighted by molar-refractivity contribution is 6.42. The third kappa shape index (κ3) is 5.67. The summed E-state index contributed by atoms with van der Waals surface area (Å²) in [6.07, 6.45) is 0.239. The predicted octanol–water partition coefficient (Wildman–Crippen LogP) is 5.52. The molecule has 0 spiro atoms. The fraction of sp³-hybridized carbons (Fsp3) is 0.391. The number of nitrogens with zero attached hydrogens (tertiary/aromatic N) is 1. The molecule has 30 heavy (non-hydrogen) atoms. The molecular formula is C23H26Cl2N2O3. The summed E-state index contributed by atoms with van der Waals surface area (Å²) >= 11 is 12.3. The Morgan fingerprint density at radius 3 is 2.40 bits per heavy atom. The largest absolute Gasteiger partial charge is 0.444 e. The van der Waals surface area contributed by atoms with Crippen molar-refractivity contribution in [3.8, 4) is 0 Å². The van der Waals surface area contributed by atoms with E-state index in [0.717, 1.165) is 5.56 Å². The van der Waals surface area contributed by atoms with Gasteiger partial charge in [0.1, 0.15) is 5.60 Å². The van der Waals surface area contributed by atoms with Gasteiger partial charge in [-0.1, -0.05) is 47.5 Å². The Kier molecular flexibility index (Phi) is 6.94. The molecule has 2 aromatic carbocycles. The second-order valence-electron chi connectivity index (χ2n) is 8.44. The first-order chi connectivity index (χ1) is 14.1. The summed E-state index contributed by atoms with van der Waals surface area (Å²) < 4.78 is 5.54. The molecule has 0 aromatic heterocycles. The Labute approximate surface area is 187 Å². The smallest absolute Gasteiger partial charge is 0.410 e. The van der Waals surface area contributed by atoms with Gasteiger partial charge in [-0.3, -0.25) is 4.79 Å². The summed E-state index contributed by atoms with van der Waals surface area (Å²) in [5.74, 6) is -0.287. The number of benzene rings is 2. The normalized spacial score (nSPS) is 19.3. The highest BCUT2D eigenvalue weighted by atomic mass is 35.5. The zero-order valence-corrected chi connectivity index (χ0v) is 18.8. The number of hydrogen-bond donors (Lipinski definition) is 1. The second kappa shape index (κ2) is 9.27. The molecule has 1 unspecified atom stereocenters. The van der Waals surface area contributed by atoms with E-state index in [1.807, 2.05) is 45.0 Å². The van der Waals surface area contributed by atoms with E-state index in [2.05, 4.69) is 5.32 Å². The fourth-order valence-corrected chi connectivity index (χ4v) is 3.85. The Balaban J connectivity index is 1.83. The molecular weight excluding hydrogens is 423 g/mol. The molecule has 160 valence electrons. The first-order valence-electron chi connectivity index (χ1n) is 9.93. The molecule has 7 heteroatoms. The van der Waals surface area contributed by atoms with Gasteiger partial charge < -0.3 is 15.0 Å². The lowest BCUT2D eigenvalue weighted by molar-refractivity contribution is 0.0177. The van der Waals surface area contributed by atoms with E-state index in [1.165, 1.54) is 0 Å². The van der Waals surface area contributed by atoms with Gasteiger partial charge in [-0.2, -0.15) is 0 Å². The summed E-state index contributed by atoms with van der Waals surface area (Å²) in [4.78, 5) is 27.1. The van der Waals surface area contributed by atoms with Crippen molar-refractivity contribution in [1.82, 2.24) is 10.2 Å². The van der Waals surface area contributed by atoms with Crippen molar-refractivity contribution in [2.75, 3.05) is 13.1 Å². The molecule has 0 radical (unpaired) electrons. The lowest BCUT2D eigenvalue weighted by Crippen LogP contribution is -2.52. The number of ether oxygens (including phenoxy) is 1. The number of carbonyl (C=O) groups excluding carboxylic acids is 2. The molecule has 1 aliphatic heterocycles. The third-order valence-electron chi connectivity index (χ3n) is 4.99. The van der Waals surface area contributed by atoms with Crippen LogP contribution in [-0.2, 0) is 4.74 Å². The highest BCUT2D eigenvalue weighted by Gasteiger charge is 2.35. The maximum absolute atomic E-state index is 12.8. The summed E-state index contributed by atoms with van der Waals surface area (Å²) in [7, 11) is 0. The van der Waals surface area contributed by atoms with Crippen LogP contribution < -0.4 is 5.32 Å². The number of rotatable bonds is 3. The van der Waals surface area contributed by atoms with E-state index < -0.39 is 5.60 Å². The van der Waals surface area contributed by atoms with Crippen LogP contribution in [0.15, 0.2) is 48.5 Å². The number of likely N-dealkylation sites (tertiary alicyclic amines) is 1. The zero-order chi connectivity index (χ0) is 21.9. The molecule has 1 fully saturated rings. The van der Waals surface area contributed by atoms with Crippen LogP contribution in [0.4, 0.5) is 4.79 Å². The maximum atomic E-state index is 12.8.